The molecule has 1 atom stereocenters. The Kier molecular flexibility index (Phi) is 8.74. The first-order valence-electron chi connectivity index (χ1n) is 16.1. The Balaban J connectivity index is 1.02. The molecule has 0 spiro atoms. The van der Waals surface area contributed by atoms with E-state index in [1.807, 2.05) is 30.3 Å². The molecule has 2 saturated heterocycles. The Labute approximate surface area is 291 Å². The van der Waals surface area contributed by atoms with Gasteiger partial charge in [-0.05, 0) is 54.4 Å². The number of ether oxygens (including phenoxy) is 1. The van der Waals surface area contributed by atoms with Crippen LogP contribution >= 0.6 is 11.6 Å². The van der Waals surface area contributed by atoms with Crippen LogP contribution in [0.15, 0.2) is 53.5 Å². The quantitative estimate of drug-likeness (QED) is 0.230. The minimum atomic E-state index is -0.649. The Morgan fingerprint density at radius 2 is 1.82 bits per heavy atom. The van der Waals surface area contributed by atoms with E-state index in [1.54, 1.807) is 30.3 Å². The summed E-state index contributed by atoms with van der Waals surface area (Å²) in [5.74, 6) is -0.279. The molecule has 1 unspecified atom stereocenters. The molecule has 0 radical (unpaired) electrons. The standard InChI is InChI=1S/C34H34ClN9O6/c1-36-29(46)18-50-27-15-19-13-21(3-6-25(19)41(2)33(27)49)38-30-24(35)16-37-34(40-30)43-11-9-42(10-12-43)22-4-5-23-20(14-22)17-44(32(23)48)26-7-8-28(45)39-31(26)47/h3-6,13-16,26H,7-12,17-18H2,1-2H3,(H,36,46)(H,37,38,40)(H,39,45,47). The average molecular weight is 700 g/mol. The van der Waals surface area contributed by atoms with Crippen molar-refractivity contribution in [3.05, 3.63) is 75.2 Å². The third-order valence-electron chi connectivity index (χ3n) is 9.26. The van der Waals surface area contributed by atoms with E-state index in [9.17, 15) is 24.0 Å². The van der Waals surface area contributed by atoms with E-state index in [-0.39, 0.29) is 42.1 Å². The van der Waals surface area contributed by atoms with Gasteiger partial charge < -0.3 is 34.6 Å². The number of piperazine rings is 1. The number of anilines is 4. The monoisotopic (exact) mass is 699 g/mol. The first-order chi connectivity index (χ1) is 24.1. The molecule has 2 aromatic carbocycles. The van der Waals surface area contributed by atoms with Gasteiger partial charge in [-0.3, -0.25) is 29.3 Å². The van der Waals surface area contributed by atoms with Crippen LogP contribution in [0.5, 0.6) is 5.75 Å². The summed E-state index contributed by atoms with van der Waals surface area (Å²) in [5, 5.41) is 9.12. The maximum absolute atomic E-state index is 13.1. The lowest BCUT2D eigenvalue weighted by molar-refractivity contribution is -0.137. The first kappa shape index (κ1) is 32.8. The van der Waals surface area contributed by atoms with E-state index in [0.29, 0.717) is 78.1 Å². The summed E-state index contributed by atoms with van der Waals surface area (Å²) in [6.07, 6.45) is 2.10. The van der Waals surface area contributed by atoms with Crippen molar-refractivity contribution in [2.45, 2.75) is 25.4 Å². The van der Waals surface area contributed by atoms with Crippen LogP contribution in [-0.2, 0) is 28.0 Å². The smallest absolute Gasteiger partial charge is 0.293 e. The van der Waals surface area contributed by atoms with Crippen LogP contribution in [0.25, 0.3) is 10.9 Å². The number of halogens is 1. The summed E-state index contributed by atoms with van der Waals surface area (Å²) in [7, 11) is 3.13. The summed E-state index contributed by atoms with van der Waals surface area (Å²) in [5.41, 5.74) is 3.43. The second-order valence-corrected chi connectivity index (χ2v) is 12.7. The third kappa shape index (κ3) is 6.27. The summed E-state index contributed by atoms with van der Waals surface area (Å²) in [4.78, 5) is 76.6. The van der Waals surface area contributed by atoms with Crippen molar-refractivity contribution in [1.29, 1.82) is 0 Å². The predicted octanol–water partition coefficient (Wildman–Crippen LogP) is 1.94. The molecule has 50 heavy (non-hydrogen) atoms. The molecule has 2 fully saturated rings. The fourth-order valence-corrected chi connectivity index (χ4v) is 6.64. The maximum atomic E-state index is 13.1. The Morgan fingerprint density at radius 1 is 1.04 bits per heavy atom. The van der Waals surface area contributed by atoms with Gasteiger partial charge in [0, 0.05) is 75.6 Å². The topological polar surface area (TPSA) is 171 Å². The van der Waals surface area contributed by atoms with Crippen molar-refractivity contribution in [3.63, 3.8) is 0 Å². The van der Waals surface area contributed by atoms with Crippen molar-refractivity contribution in [2.75, 3.05) is 55.0 Å². The highest BCUT2D eigenvalue weighted by Crippen LogP contribution is 2.32. The van der Waals surface area contributed by atoms with Gasteiger partial charge in [-0.2, -0.15) is 4.98 Å². The van der Waals surface area contributed by atoms with Gasteiger partial charge in [-0.15, -0.1) is 0 Å². The second kappa shape index (κ2) is 13.3. The molecule has 0 aliphatic carbocycles. The number of fused-ring (bicyclic) bond motifs is 2. The van der Waals surface area contributed by atoms with Crippen LogP contribution in [0.4, 0.5) is 23.1 Å². The predicted molar refractivity (Wildman–Crippen MR) is 186 cm³/mol. The molecule has 3 aliphatic rings. The molecule has 4 aromatic rings. The minimum Gasteiger partial charge on any atom is -0.478 e. The van der Waals surface area contributed by atoms with E-state index in [2.05, 4.69) is 30.7 Å². The van der Waals surface area contributed by atoms with Gasteiger partial charge in [-0.25, -0.2) is 4.98 Å². The highest BCUT2D eigenvalue weighted by atomic mass is 35.5. The lowest BCUT2D eigenvalue weighted by Gasteiger charge is -2.36. The molecular weight excluding hydrogens is 666 g/mol. The summed E-state index contributed by atoms with van der Waals surface area (Å²) in [6.45, 7) is 2.70. The number of aryl methyl sites for hydroxylation is 1. The van der Waals surface area contributed by atoms with E-state index < -0.39 is 11.9 Å². The number of piperidine rings is 1. The molecule has 258 valence electrons. The van der Waals surface area contributed by atoms with E-state index in [4.69, 9.17) is 21.3 Å². The number of hydrogen-bond donors (Lipinski definition) is 3. The molecule has 0 bridgehead atoms. The fourth-order valence-electron chi connectivity index (χ4n) is 6.51. The Hall–Kier alpha value is -5.70. The molecule has 0 saturated carbocycles. The number of benzene rings is 2. The fraction of sp³-hybridized carbons (Fsp3) is 0.324. The molecule has 4 amide bonds. The maximum Gasteiger partial charge on any atom is 0.293 e. The average Bonchev–Trinajstić information content (AvgIpc) is 3.44. The van der Waals surface area contributed by atoms with Gasteiger partial charge in [0.2, 0.25) is 17.8 Å². The highest BCUT2D eigenvalue weighted by Gasteiger charge is 2.39. The van der Waals surface area contributed by atoms with Gasteiger partial charge in [-0.1, -0.05) is 11.6 Å². The lowest BCUT2D eigenvalue weighted by atomic mass is 10.0. The molecule has 2 aromatic heterocycles. The summed E-state index contributed by atoms with van der Waals surface area (Å²) < 4.78 is 6.94. The van der Waals surface area contributed by atoms with Crippen LogP contribution < -0.4 is 36.0 Å². The zero-order valence-electron chi connectivity index (χ0n) is 27.4. The number of hydrogen-bond acceptors (Lipinski definition) is 11. The number of carbonyl (C=O) groups excluding carboxylic acids is 4. The number of nitrogens with one attached hydrogen (secondary N) is 3. The van der Waals surface area contributed by atoms with Gasteiger partial charge in [0.15, 0.2) is 18.2 Å². The lowest BCUT2D eigenvalue weighted by Crippen LogP contribution is -2.52. The highest BCUT2D eigenvalue weighted by molar-refractivity contribution is 6.33. The van der Waals surface area contributed by atoms with Gasteiger partial charge in [0.25, 0.3) is 17.4 Å². The number of amides is 4. The zero-order valence-corrected chi connectivity index (χ0v) is 28.1. The number of imide groups is 1. The Morgan fingerprint density at radius 3 is 2.58 bits per heavy atom. The SMILES string of the molecule is CNC(=O)COc1cc2cc(Nc3nc(N4CCN(c5ccc6c(c5)CN(C5CCC(=O)NC5=O)C6=O)CC4)ncc3Cl)ccc2n(C)c1=O. The summed E-state index contributed by atoms with van der Waals surface area (Å²) >= 11 is 6.51. The molecule has 7 rings (SSSR count). The van der Waals surface area contributed by atoms with E-state index in [1.165, 1.54) is 11.6 Å². The van der Waals surface area contributed by atoms with E-state index in [0.717, 1.165) is 11.3 Å². The van der Waals surface area contributed by atoms with Crippen LogP contribution in [0, 0.1) is 0 Å². The van der Waals surface area contributed by atoms with Crippen molar-refractivity contribution in [3.8, 4) is 5.75 Å². The number of nitrogens with zero attached hydrogens (tertiary/aromatic N) is 6. The van der Waals surface area contributed by atoms with Crippen LogP contribution in [0.1, 0.15) is 28.8 Å². The third-order valence-corrected chi connectivity index (χ3v) is 9.53. The normalized spacial score (nSPS) is 17.5. The number of pyridine rings is 1. The zero-order chi connectivity index (χ0) is 35.1. The van der Waals surface area contributed by atoms with Crippen LogP contribution in [0.2, 0.25) is 5.02 Å². The molecule has 16 heteroatoms. The van der Waals surface area contributed by atoms with E-state index >= 15 is 0 Å². The van der Waals surface area contributed by atoms with Gasteiger partial charge in [0.05, 0.1) is 11.7 Å². The first-order valence-corrected chi connectivity index (χ1v) is 16.5. The molecule has 15 nitrogen and oxygen atoms in total. The molecule has 5 heterocycles. The van der Waals surface area contributed by atoms with Crippen molar-refractivity contribution in [1.82, 2.24) is 30.1 Å². The van der Waals surface area contributed by atoms with Crippen molar-refractivity contribution < 1.29 is 23.9 Å². The number of likely N-dealkylation sites (N-methyl/N-ethyl adjacent to an activating group) is 1. The molecule has 3 N–H and O–H groups in total. The largest absolute Gasteiger partial charge is 0.478 e. The van der Waals surface area contributed by atoms with Gasteiger partial charge in [0.1, 0.15) is 11.1 Å². The van der Waals surface area contributed by atoms with Crippen molar-refractivity contribution in [2.24, 2.45) is 7.05 Å². The molecular formula is C34H34ClN9O6. The molecule has 3 aliphatic heterocycles. The number of carbonyl (C=O) groups is 4. The summed E-state index contributed by atoms with van der Waals surface area (Å²) in [6, 6.07) is 12.2. The van der Waals surface area contributed by atoms with Gasteiger partial charge >= 0.3 is 0 Å². The van der Waals surface area contributed by atoms with Crippen LogP contribution in [-0.4, -0.2) is 88.9 Å². The van der Waals surface area contributed by atoms with Crippen molar-refractivity contribution >= 4 is 69.3 Å². The number of rotatable bonds is 8. The minimum absolute atomic E-state index is 0.0600. The van der Waals surface area contributed by atoms with Crippen LogP contribution in [0.3, 0.4) is 0 Å². The number of aromatic nitrogens is 3. The second-order valence-electron chi connectivity index (χ2n) is 12.3. The Bertz CT molecular complexity index is 2110.